The van der Waals surface area contributed by atoms with Crippen LogP contribution in [0.2, 0.25) is 10.0 Å². The fourth-order valence-electron chi connectivity index (χ4n) is 3.08. The molecule has 0 fully saturated rings. The molecule has 0 aliphatic rings. The van der Waals surface area contributed by atoms with Crippen LogP contribution in [0.15, 0.2) is 59.7 Å². The van der Waals surface area contributed by atoms with Crippen LogP contribution in [0.3, 0.4) is 0 Å². The number of nitrogens with zero attached hydrogens (tertiary/aromatic N) is 5. The summed E-state index contributed by atoms with van der Waals surface area (Å²) in [7, 11) is 0. The molecule has 3 heterocycles. The summed E-state index contributed by atoms with van der Waals surface area (Å²) >= 11 is 12.4. The third-order valence-corrected chi connectivity index (χ3v) is 5.07. The van der Waals surface area contributed by atoms with Crippen LogP contribution in [0.4, 0.5) is 5.82 Å². The number of rotatable bonds is 5. The number of hydrogen-bond acceptors (Lipinski definition) is 4. The summed E-state index contributed by atoms with van der Waals surface area (Å²) < 4.78 is 4.12. The van der Waals surface area contributed by atoms with Crippen LogP contribution in [-0.4, -0.2) is 29.9 Å². The Morgan fingerprint density at radius 3 is 2.83 bits per heavy atom. The molecule has 4 aromatic rings. The smallest absolute Gasteiger partial charge is 0.309 e. The number of fused-ring (bicyclic) bond motifs is 1. The molecular weight excluding hydrogens is 415 g/mol. The minimum atomic E-state index is -0.401. The Labute approximate surface area is 175 Å². The lowest BCUT2D eigenvalue weighted by Gasteiger charge is -2.18. The van der Waals surface area contributed by atoms with Crippen LogP contribution in [0.5, 0.6) is 0 Å². The lowest BCUT2D eigenvalue weighted by atomic mass is 10.1. The number of anilines is 1. The predicted molar refractivity (Wildman–Crippen MR) is 111 cm³/mol. The Morgan fingerprint density at radius 2 is 2.03 bits per heavy atom. The zero-order valence-electron chi connectivity index (χ0n) is 15.3. The maximum Gasteiger partial charge on any atom is 0.350 e. The quantitative estimate of drug-likeness (QED) is 0.526. The van der Waals surface area contributed by atoms with E-state index in [9.17, 15) is 9.59 Å². The molecule has 1 aromatic carbocycles. The van der Waals surface area contributed by atoms with Crippen molar-refractivity contribution in [1.29, 1.82) is 0 Å². The topological polar surface area (TPSA) is 86.2 Å². The van der Waals surface area contributed by atoms with E-state index in [-0.39, 0.29) is 18.3 Å². The maximum atomic E-state index is 12.5. The Hall–Kier alpha value is -3.10. The Balaban J connectivity index is 1.55. The van der Waals surface area contributed by atoms with Crippen molar-refractivity contribution < 1.29 is 4.79 Å². The van der Waals surface area contributed by atoms with E-state index < -0.39 is 5.91 Å². The molecule has 4 rings (SSSR count). The van der Waals surface area contributed by atoms with E-state index in [0.29, 0.717) is 21.5 Å². The highest BCUT2D eigenvalue weighted by atomic mass is 35.5. The van der Waals surface area contributed by atoms with Gasteiger partial charge in [-0.1, -0.05) is 29.3 Å². The van der Waals surface area contributed by atoms with Crippen molar-refractivity contribution in [3.8, 4) is 0 Å². The van der Waals surface area contributed by atoms with Crippen molar-refractivity contribution in [1.82, 2.24) is 24.0 Å². The van der Waals surface area contributed by atoms with Gasteiger partial charge in [0.2, 0.25) is 5.91 Å². The van der Waals surface area contributed by atoms with Crippen molar-refractivity contribution >= 4 is 40.6 Å². The molecule has 0 radical (unpaired) electrons. The van der Waals surface area contributed by atoms with Crippen molar-refractivity contribution in [3.63, 3.8) is 0 Å². The van der Waals surface area contributed by atoms with Gasteiger partial charge in [0.25, 0.3) is 0 Å². The van der Waals surface area contributed by atoms with Gasteiger partial charge in [-0.2, -0.15) is 5.10 Å². The number of pyridine rings is 1. The third kappa shape index (κ3) is 3.76. The first-order valence-corrected chi connectivity index (χ1v) is 9.52. The van der Waals surface area contributed by atoms with Crippen LogP contribution in [0, 0.1) is 0 Å². The number of carbonyl (C=O) groups excluding carboxylic acids is 1. The van der Waals surface area contributed by atoms with Gasteiger partial charge >= 0.3 is 5.69 Å². The number of amides is 1. The molecular formula is C19H16Cl2N6O2. The van der Waals surface area contributed by atoms with E-state index in [1.165, 1.54) is 4.40 Å². The normalized spacial score (nSPS) is 12.2. The molecule has 8 nitrogen and oxygen atoms in total. The first-order chi connectivity index (χ1) is 13.9. The average Bonchev–Trinajstić information content (AvgIpc) is 3.28. The van der Waals surface area contributed by atoms with Crippen LogP contribution in [0.25, 0.3) is 5.65 Å². The molecule has 0 saturated heterocycles. The lowest BCUT2D eigenvalue weighted by molar-refractivity contribution is -0.117. The van der Waals surface area contributed by atoms with Crippen molar-refractivity contribution in [3.05, 3.63) is 81.0 Å². The second-order valence-corrected chi connectivity index (χ2v) is 7.26. The summed E-state index contributed by atoms with van der Waals surface area (Å²) in [6.07, 6.45) is 3.17. The maximum absolute atomic E-state index is 12.5. The van der Waals surface area contributed by atoms with Gasteiger partial charge in [-0.05, 0) is 42.8 Å². The molecule has 1 N–H and O–H groups in total. The largest absolute Gasteiger partial charge is 0.350 e. The van der Waals surface area contributed by atoms with E-state index in [4.69, 9.17) is 23.2 Å². The summed E-state index contributed by atoms with van der Waals surface area (Å²) in [6, 6.07) is 11.8. The van der Waals surface area contributed by atoms with Crippen molar-refractivity contribution in [2.75, 3.05) is 5.32 Å². The highest BCUT2D eigenvalue weighted by Gasteiger charge is 2.18. The van der Waals surface area contributed by atoms with Crippen LogP contribution in [0.1, 0.15) is 18.5 Å². The monoisotopic (exact) mass is 430 g/mol. The Morgan fingerprint density at radius 1 is 1.21 bits per heavy atom. The van der Waals surface area contributed by atoms with Gasteiger partial charge in [-0.3, -0.25) is 9.20 Å². The summed E-state index contributed by atoms with van der Waals surface area (Å²) in [5.74, 6) is 0.0667. The molecule has 0 spiro atoms. The zero-order chi connectivity index (χ0) is 20.5. The van der Waals surface area contributed by atoms with Crippen LogP contribution < -0.4 is 11.0 Å². The molecule has 0 aliphatic heterocycles. The third-order valence-electron chi connectivity index (χ3n) is 4.49. The first-order valence-electron chi connectivity index (χ1n) is 8.76. The van der Waals surface area contributed by atoms with E-state index >= 15 is 0 Å². The minimum absolute atomic E-state index is 0.224. The molecule has 1 atom stereocenters. The number of halogens is 2. The van der Waals surface area contributed by atoms with Gasteiger partial charge in [0.1, 0.15) is 12.4 Å². The molecule has 0 saturated carbocycles. The lowest BCUT2D eigenvalue weighted by Crippen LogP contribution is -2.29. The number of carbonyl (C=O) groups is 1. The summed E-state index contributed by atoms with van der Waals surface area (Å²) in [4.78, 5) is 24.9. The van der Waals surface area contributed by atoms with E-state index in [1.807, 2.05) is 6.92 Å². The molecule has 1 amide bonds. The number of benzene rings is 1. The van der Waals surface area contributed by atoms with E-state index in [0.717, 1.165) is 10.2 Å². The van der Waals surface area contributed by atoms with Crippen LogP contribution >= 0.6 is 23.2 Å². The summed E-state index contributed by atoms with van der Waals surface area (Å²) in [5, 5.41) is 12.3. The molecule has 10 heteroatoms. The zero-order valence-corrected chi connectivity index (χ0v) is 16.8. The van der Waals surface area contributed by atoms with Crippen LogP contribution in [-0.2, 0) is 11.3 Å². The number of hydrogen-bond donors (Lipinski definition) is 1. The number of nitrogens with one attached hydrogen (secondary N) is 1. The molecule has 148 valence electrons. The molecule has 0 unspecified atom stereocenters. The molecule has 0 aliphatic carbocycles. The second-order valence-electron chi connectivity index (χ2n) is 6.42. The molecule has 0 bridgehead atoms. The van der Waals surface area contributed by atoms with Gasteiger partial charge in [0, 0.05) is 22.3 Å². The first kappa shape index (κ1) is 19.2. The highest BCUT2D eigenvalue weighted by molar-refractivity contribution is 6.33. The summed E-state index contributed by atoms with van der Waals surface area (Å²) in [6.45, 7) is 1.67. The fourth-order valence-corrected chi connectivity index (χ4v) is 3.53. The Kier molecular flexibility index (Phi) is 5.12. The van der Waals surface area contributed by atoms with Crippen molar-refractivity contribution in [2.24, 2.45) is 0 Å². The van der Waals surface area contributed by atoms with Crippen molar-refractivity contribution in [2.45, 2.75) is 19.5 Å². The fraction of sp³-hybridized carbons (Fsp3) is 0.158. The highest BCUT2D eigenvalue weighted by Crippen LogP contribution is 2.30. The molecule has 3 aromatic heterocycles. The molecule has 29 heavy (non-hydrogen) atoms. The van der Waals surface area contributed by atoms with E-state index in [2.05, 4.69) is 15.5 Å². The average molecular weight is 431 g/mol. The second kappa shape index (κ2) is 7.73. The standard InChI is InChI=1S/C19H16Cl2N6O2/c1-12(14-10-13(20)5-6-15(14)21)27-16(7-8-22-27)23-18(28)11-26-19(29)25-9-3-2-4-17(25)24-26/h2-10,12H,11H2,1H3,(H,23,28)/t12-/m0/s1. The summed E-state index contributed by atoms with van der Waals surface area (Å²) in [5.41, 5.74) is 0.859. The number of aromatic nitrogens is 5. The van der Waals surface area contributed by atoms with E-state index in [1.54, 1.807) is 59.5 Å². The van der Waals surface area contributed by atoms with Gasteiger partial charge in [0.15, 0.2) is 5.65 Å². The van der Waals surface area contributed by atoms with Gasteiger partial charge < -0.3 is 5.32 Å². The SMILES string of the molecule is C[C@@H](c1cc(Cl)ccc1Cl)n1nccc1NC(=O)Cn1nc2ccccn2c1=O. The minimum Gasteiger partial charge on any atom is -0.309 e. The van der Waals surface area contributed by atoms with Gasteiger partial charge in [-0.15, -0.1) is 5.10 Å². The van der Waals surface area contributed by atoms with Gasteiger partial charge in [0.05, 0.1) is 12.2 Å². The van der Waals surface area contributed by atoms with Gasteiger partial charge in [-0.25, -0.2) is 14.2 Å². The Bertz CT molecular complexity index is 1260. The predicted octanol–water partition coefficient (Wildman–Crippen LogP) is 3.25.